The lowest BCUT2D eigenvalue weighted by molar-refractivity contribution is 0.768. The summed E-state index contributed by atoms with van der Waals surface area (Å²) in [6.07, 6.45) is 0. The maximum absolute atomic E-state index is 2.72. The summed E-state index contributed by atoms with van der Waals surface area (Å²) in [5.41, 5.74) is 12.8. The van der Waals surface area contributed by atoms with Crippen molar-refractivity contribution in [3.8, 4) is 22.3 Å². The van der Waals surface area contributed by atoms with Crippen molar-refractivity contribution in [2.24, 2.45) is 0 Å². The van der Waals surface area contributed by atoms with Crippen molar-refractivity contribution in [3.05, 3.63) is 295 Å². The average molecular weight is 820 g/mol. The van der Waals surface area contributed by atoms with Gasteiger partial charge in [-0.1, -0.05) is 237 Å². The molecule has 0 fully saturated rings. The molecule has 2 heteroatoms. The van der Waals surface area contributed by atoms with E-state index in [2.05, 4.69) is 278 Å². The fourth-order valence-corrected chi connectivity index (χ4v) is 15.1. The van der Waals surface area contributed by atoms with Crippen LogP contribution in [0.4, 0.5) is 17.1 Å². The van der Waals surface area contributed by atoms with Gasteiger partial charge in [0, 0.05) is 17.1 Å². The Kier molecular flexibility index (Phi) is 9.84. The lowest BCUT2D eigenvalue weighted by Gasteiger charge is -2.35. The first-order valence-corrected chi connectivity index (χ1v) is 23.8. The fraction of sp³-hybridized carbons (Fsp3) is 0.0164. The summed E-state index contributed by atoms with van der Waals surface area (Å²) in [5, 5.41) is 5.42. The van der Waals surface area contributed by atoms with Crippen LogP contribution >= 0.6 is 0 Å². The Bertz CT molecular complexity index is 2980. The monoisotopic (exact) mass is 819 g/mol. The molecule has 10 aromatic carbocycles. The quantitative estimate of drug-likeness (QED) is 0.0981. The number of hydrogen-bond donors (Lipinski definition) is 0. The molecule has 0 spiro atoms. The first kappa shape index (κ1) is 38.2. The lowest BCUT2D eigenvalue weighted by atomic mass is 9.67. The van der Waals surface area contributed by atoms with E-state index in [-0.39, 0.29) is 0 Å². The second kappa shape index (κ2) is 16.2. The van der Waals surface area contributed by atoms with Crippen LogP contribution in [0.15, 0.2) is 273 Å². The summed E-state index contributed by atoms with van der Waals surface area (Å²) >= 11 is 0. The van der Waals surface area contributed by atoms with Gasteiger partial charge in [-0.05, 0) is 102 Å². The summed E-state index contributed by atoms with van der Waals surface area (Å²) in [7, 11) is -2.72. The number of fused-ring (bicyclic) bond motifs is 3. The summed E-state index contributed by atoms with van der Waals surface area (Å²) in [4.78, 5) is 2.44. The van der Waals surface area contributed by atoms with Crippen molar-refractivity contribution >= 4 is 45.9 Å². The molecule has 0 radical (unpaired) electrons. The van der Waals surface area contributed by atoms with Crippen LogP contribution in [0.3, 0.4) is 0 Å². The van der Waals surface area contributed by atoms with Gasteiger partial charge >= 0.3 is 0 Å². The summed E-state index contributed by atoms with van der Waals surface area (Å²) in [6.45, 7) is 0. The van der Waals surface area contributed by atoms with Crippen molar-refractivity contribution in [1.29, 1.82) is 0 Å². The zero-order chi connectivity index (χ0) is 42.1. The number of benzene rings is 10. The van der Waals surface area contributed by atoms with Crippen LogP contribution in [-0.4, -0.2) is 8.07 Å². The van der Waals surface area contributed by atoms with E-state index in [1.807, 2.05) is 0 Å². The number of anilines is 3. The van der Waals surface area contributed by atoms with Crippen LogP contribution in [0.5, 0.6) is 0 Å². The van der Waals surface area contributed by atoms with Gasteiger partial charge in [-0.15, -0.1) is 0 Å². The van der Waals surface area contributed by atoms with Crippen LogP contribution in [0, 0.1) is 0 Å². The molecule has 0 N–H and O–H groups in total. The molecule has 0 saturated heterocycles. The second-order valence-corrected chi connectivity index (χ2v) is 20.2. The fourth-order valence-electron chi connectivity index (χ4n) is 10.4. The molecule has 0 heterocycles. The average Bonchev–Trinajstić information content (AvgIpc) is 3.67. The zero-order valence-electron chi connectivity index (χ0n) is 34.9. The molecule has 1 aliphatic rings. The molecule has 11 rings (SSSR count). The molecule has 1 nitrogen and oxygen atoms in total. The minimum atomic E-state index is -2.72. The van der Waals surface area contributed by atoms with Crippen LogP contribution in [0.1, 0.15) is 22.3 Å². The normalized spacial score (nSPS) is 12.6. The molecule has 0 aliphatic heterocycles. The predicted molar refractivity (Wildman–Crippen MR) is 267 cm³/mol. The maximum atomic E-state index is 2.46. The Morgan fingerprint density at radius 3 is 1.14 bits per heavy atom. The molecular weight excluding hydrogens is 775 g/mol. The van der Waals surface area contributed by atoms with Gasteiger partial charge in [0.15, 0.2) is 8.07 Å². The van der Waals surface area contributed by atoms with E-state index < -0.39 is 13.5 Å². The van der Waals surface area contributed by atoms with Crippen molar-refractivity contribution in [2.45, 2.75) is 5.41 Å². The van der Waals surface area contributed by atoms with Crippen molar-refractivity contribution in [1.82, 2.24) is 0 Å². The van der Waals surface area contributed by atoms with Gasteiger partial charge in [0.25, 0.3) is 0 Å². The first-order valence-electron chi connectivity index (χ1n) is 21.8. The molecule has 0 bridgehead atoms. The Morgan fingerprint density at radius 1 is 0.270 bits per heavy atom. The third-order valence-corrected chi connectivity index (χ3v) is 17.9. The Hall–Kier alpha value is -7.78. The number of nitrogens with zero attached hydrogens (tertiary/aromatic N) is 1. The number of hydrogen-bond acceptors (Lipinski definition) is 1. The molecule has 10 aromatic rings. The third-order valence-electron chi connectivity index (χ3n) is 13.1. The van der Waals surface area contributed by atoms with E-state index in [1.165, 1.54) is 65.3 Å². The first-order chi connectivity index (χ1) is 31.3. The number of rotatable bonds is 10. The zero-order valence-corrected chi connectivity index (χ0v) is 35.9. The highest BCUT2D eigenvalue weighted by Crippen LogP contribution is 2.57. The minimum absolute atomic E-state index is 0.511. The predicted octanol–water partition coefficient (Wildman–Crippen LogP) is 12.6. The van der Waals surface area contributed by atoms with Gasteiger partial charge in [-0.25, -0.2) is 0 Å². The van der Waals surface area contributed by atoms with E-state index in [4.69, 9.17) is 0 Å². The van der Waals surface area contributed by atoms with Gasteiger partial charge in [0.05, 0.1) is 5.41 Å². The molecule has 63 heavy (non-hydrogen) atoms. The SMILES string of the molecule is c1ccc(-c2ccc(N(c3ccc([Si](c4ccccc4)(c4ccccc4)c4ccccc4)cc3)c3ccc4c(c3)C(c3ccccc3)(c3ccccc3)c3ccccc3-4)cc2)cc1. The molecule has 0 aromatic heterocycles. The largest absolute Gasteiger partial charge is 0.310 e. The van der Waals surface area contributed by atoms with Gasteiger partial charge in [-0.2, -0.15) is 0 Å². The highest BCUT2D eigenvalue weighted by molar-refractivity contribution is 7.19. The van der Waals surface area contributed by atoms with Crippen LogP contribution in [0.2, 0.25) is 0 Å². The molecule has 0 unspecified atom stereocenters. The van der Waals surface area contributed by atoms with E-state index in [0.29, 0.717) is 0 Å². The van der Waals surface area contributed by atoms with Crippen LogP contribution < -0.4 is 25.6 Å². The van der Waals surface area contributed by atoms with Crippen molar-refractivity contribution in [3.63, 3.8) is 0 Å². The molecule has 1 aliphatic carbocycles. The lowest BCUT2D eigenvalue weighted by Crippen LogP contribution is -2.74. The van der Waals surface area contributed by atoms with E-state index in [0.717, 1.165) is 17.1 Å². The van der Waals surface area contributed by atoms with E-state index in [9.17, 15) is 0 Å². The highest BCUT2D eigenvalue weighted by atomic mass is 28.3. The molecular formula is C61H45NSi. The minimum Gasteiger partial charge on any atom is -0.310 e. The van der Waals surface area contributed by atoms with Gasteiger partial charge in [0.2, 0.25) is 0 Å². The molecule has 0 atom stereocenters. The smallest absolute Gasteiger partial charge is 0.179 e. The van der Waals surface area contributed by atoms with Crippen molar-refractivity contribution in [2.75, 3.05) is 4.90 Å². The maximum Gasteiger partial charge on any atom is 0.179 e. The summed E-state index contributed by atoms with van der Waals surface area (Å²) < 4.78 is 0. The van der Waals surface area contributed by atoms with Crippen LogP contribution in [-0.2, 0) is 5.41 Å². The molecule has 298 valence electrons. The van der Waals surface area contributed by atoms with Gasteiger partial charge < -0.3 is 4.90 Å². The standard InChI is InChI=1S/C61H45NSi/c1-7-21-46(22-8-1)47-35-37-50(38-36-47)62(51-39-42-56(43-40-51)63(53-27-13-4-14-28-53,54-29-15-5-16-30-54)55-31-17-6-18-32-55)52-41-44-58-57-33-19-20-34-59(57)61(60(58)45-52,48-23-9-2-10-24-48)49-25-11-3-12-26-49/h1-45H. The summed E-state index contributed by atoms with van der Waals surface area (Å²) in [5.74, 6) is 0. The van der Waals surface area contributed by atoms with Crippen LogP contribution in [0.25, 0.3) is 22.3 Å². The Morgan fingerprint density at radius 2 is 0.635 bits per heavy atom. The second-order valence-electron chi connectivity index (χ2n) is 16.4. The van der Waals surface area contributed by atoms with Crippen molar-refractivity contribution < 1.29 is 0 Å². The molecule has 0 amide bonds. The van der Waals surface area contributed by atoms with Gasteiger partial charge in [-0.3, -0.25) is 0 Å². The Labute approximate surface area is 371 Å². The van der Waals surface area contributed by atoms with Gasteiger partial charge in [0.1, 0.15) is 0 Å². The topological polar surface area (TPSA) is 3.24 Å². The van der Waals surface area contributed by atoms with E-state index in [1.54, 1.807) is 0 Å². The third kappa shape index (κ3) is 6.38. The summed E-state index contributed by atoms with van der Waals surface area (Å²) in [6, 6.07) is 101. The van der Waals surface area contributed by atoms with E-state index >= 15 is 0 Å². The Balaban J connectivity index is 1.13. The highest BCUT2D eigenvalue weighted by Gasteiger charge is 2.46. The molecule has 0 saturated carbocycles.